The average Bonchev–Trinajstić information content (AvgIpc) is 3.00. The molecule has 1 fully saturated rings. The molecule has 2 heterocycles. The Morgan fingerprint density at radius 3 is 3.00 bits per heavy atom. The Bertz CT molecular complexity index is 515. The molecule has 1 aliphatic rings. The summed E-state index contributed by atoms with van der Waals surface area (Å²) in [5.41, 5.74) is 2.18. The van der Waals surface area contributed by atoms with Crippen LogP contribution in [0.3, 0.4) is 0 Å². The number of nitrogens with zero attached hydrogens (tertiary/aromatic N) is 2. The molecule has 0 amide bonds. The lowest BCUT2D eigenvalue weighted by molar-refractivity contribution is 0.417. The fraction of sp³-hybridized carbons (Fsp3) is 0.385. The van der Waals surface area contributed by atoms with Crippen LogP contribution in [0, 0.1) is 6.92 Å². The van der Waals surface area contributed by atoms with Crippen molar-refractivity contribution in [3.63, 3.8) is 0 Å². The third-order valence-corrected chi connectivity index (χ3v) is 3.24. The Hall–Kier alpha value is -1.68. The number of aromatic nitrogens is 2. The molecule has 4 heteroatoms. The fourth-order valence-corrected chi connectivity index (χ4v) is 2.20. The first-order valence-electron chi connectivity index (χ1n) is 5.95. The summed E-state index contributed by atoms with van der Waals surface area (Å²) in [7, 11) is 0. The molecule has 88 valence electrons. The lowest BCUT2D eigenvalue weighted by Crippen LogP contribution is -2.08. The van der Waals surface area contributed by atoms with Gasteiger partial charge in [-0.25, -0.2) is 0 Å². The number of aryl methyl sites for hydroxylation is 1. The van der Waals surface area contributed by atoms with Gasteiger partial charge in [-0.2, -0.15) is 4.98 Å². The maximum atomic E-state index is 5.36. The molecule has 1 atom stereocenters. The van der Waals surface area contributed by atoms with Gasteiger partial charge in [0.2, 0.25) is 0 Å². The normalized spacial score (nSPS) is 19.7. The molecule has 17 heavy (non-hydrogen) atoms. The molecule has 1 saturated heterocycles. The molecule has 0 aliphatic carbocycles. The molecule has 2 aromatic rings. The smallest absolute Gasteiger partial charge is 0.258 e. The fourth-order valence-electron chi connectivity index (χ4n) is 2.20. The van der Waals surface area contributed by atoms with E-state index in [0.717, 1.165) is 36.5 Å². The van der Waals surface area contributed by atoms with Crippen LogP contribution in [0.4, 0.5) is 0 Å². The lowest BCUT2D eigenvalue weighted by Gasteiger charge is -2.00. The van der Waals surface area contributed by atoms with Crippen molar-refractivity contribution in [1.82, 2.24) is 15.5 Å². The van der Waals surface area contributed by atoms with Crippen LogP contribution in [0.5, 0.6) is 0 Å². The monoisotopic (exact) mass is 229 g/mol. The highest BCUT2D eigenvalue weighted by atomic mass is 16.5. The summed E-state index contributed by atoms with van der Waals surface area (Å²) in [4.78, 5) is 4.51. The van der Waals surface area contributed by atoms with E-state index in [0.29, 0.717) is 11.8 Å². The van der Waals surface area contributed by atoms with Gasteiger partial charge >= 0.3 is 0 Å². The largest absolute Gasteiger partial charge is 0.334 e. The zero-order chi connectivity index (χ0) is 11.7. The first kappa shape index (κ1) is 10.5. The van der Waals surface area contributed by atoms with E-state index in [1.807, 2.05) is 18.2 Å². The molecule has 1 aromatic carbocycles. The molecular formula is C13H15N3O. The molecule has 1 aliphatic heterocycles. The molecule has 0 spiro atoms. The zero-order valence-corrected chi connectivity index (χ0v) is 9.81. The predicted octanol–water partition coefficient (Wildman–Crippen LogP) is 2.12. The van der Waals surface area contributed by atoms with Crippen LogP contribution in [0.2, 0.25) is 0 Å². The van der Waals surface area contributed by atoms with Crippen molar-refractivity contribution >= 4 is 0 Å². The number of hydrogen-bond donors (Lipinski definition) is 1. The zero-order valence-electron chi connectivity index (χ0n) is 9.81. The summed E-state index contributed by atoms with van der Waals surface area (Å²) in [5.74, 6) is 1.86. The van der Waals surface area contributed by atoms with E-state index in [4.69, 9.17) is 4.52 Å². The van der Waals surface area contributed by atoms with Crippen LogP contribution in [-0.4, -0.2) is 23.2 Å². The maximum absolute atomic E-state index is 5.36. The summed E-state index contributed by atoms with van der Waals surface area (Å²) < 4.78 is 5.36. The molecule has 0 radical (unpaired) electrons. The van der Waals surface area contributed by atoms with E-state index in [2.05, 4.69) is 28.4 Å². The van der Waals surface area contributed by atoms with E-state index >= 15 is 0 Å². The van der Waals surface area contributed by atoms with E-state index < -0.39 is 0 Å². The predicted molar refractivity (Wildman–Crippen MR) is 64.7 cm³/mol. The van der Waals surface area contributed by atoms with Crippen LogP contribution in [0.1, 0.15) is 23.7 Å². The van der Waals surface area contributed by atoms with E-state index in [9.17, 15) is 0 Å². The van der Waals surface area contributed by atoms with Crippen molar-refractivity contribution in [2.75, 3.05) is 13.1 Å². The highest BCUT2D eigenvalue weighted by Gasteiger charge is 2.22. The van der Waals surface area contributed by atoms with Gasteiger partial charge in [-0.15, -0.1) is 0 Å². The molecular weight excluding hydrogens is 214 g/mol. The highest BCUT2D eigenvalue weighted by molar-refractivity contribution is 5.57. The average molecular weight is 229 g/mol. The highest BCUT2D eigenvalue weighted by Crippen LogP contribution is 2.25. The number of rotatable bonds is 2. The summed E-state index contributed by atoms with van der Waals surface area (Å²) in [6.07, 6.45) is 1.09. The minimum absolute atomic E-state index is 0.400. The Morgan fingerprint density at radius 2 is 2.24 bits per heavy atom. The van der Waals surface area contributed by atoms with Crippen molar-refractivity contribution in [1.29, 1.82) is 0 Å². The number of hydrogen-bond acceptors (Lipinski definition) is 4. The third kappa shape index (κ3) is 1.96. The van der Waals surface area contributed by atoms with Crippen molar-refractivity contribution in [2.45, 2.75) is 19.3 Å². The molecule has 1 unspecified atom stereocenters. The van der Waals surface area contributed by atoms with Gasteiger partial charge in [-0.05, 0) is 31.5 Å². The Kier molecular flexibility index (Phi) is 2.65. The van der Waals surface area contributed by atoms with Crippen LogP contribution in [0.15, 0.2) is 28.8 Å². The first-order valence-corrected chi connectivity index (χ1v) is 5.95. The van der Waals surface area contributed by atoms with Gasteiger partial charge < -0.3 is 9.84 Å². The van der Waals surface area contributed by atoms with Crippen LogP contribution in [0.25, 0.3) is 11.5 Å². The Morgan fingerprint density at radius 1 is 1.35 bits per heavy atom. The van der Waals surface area contributed by atoms with Gasteiger partial charge in [0.25, 0.3) is 5.89 Å². The molecule has 3 rings (SSSR count). The summed E-state index contributed by atoms with van der Waals surface area (Å²) in [5, 5.41) is 7.40. The van der Waals surface area contributed by atoms with E-state index in [1.54, 1.807) is 0 Å². The summed E-state index contributed by atoms with van der Waals surface area (Å²) in [6, 6.07) is 8.07. The minimum Gasteiger partial charge on any atom is -0.334 e. The van der Waals surface area contributed by atoms with Crippen LogP contribution < -0.4 is 5.32 Å². The quantitative estimate of drug-likeness (QED) is 0.857. The number of nitrogens with one attached hydrogen (secondary N) is 1. The van der Waals surface area contributed by atoms with Gasteiger partial charge in [-0.3, -0.25) is 0 Å². The van der Waals surface area contributed by atoms with Gasteiger partial charge in [0.05, 0.1) is 0 Å². The van der Waals surface area contributed by atoms with Crippen LogP contribution >= 0.6 is 0 Å². The Labute approximate surface area is 100 Å². The van der Waals surface area contributed by atoms with Gasteiger partial charge in [-0.1, -0.05) is 23.4 Å². The SMILES string of the molecule is Cc1ccccc1-c1nc(C2CCNC2)no1. The van der Waals surface area contributed by atoms with Crippen molar-refractivity contribution < 1.29 is 4.52 Å². The van der Waals surface area contributed by atoms with Crippen LogP contribution in [-0.2, 0) is 0 Å². The van der Waals surface area contributed by atoms with Gasteiger partial charge in [0.1, 0.15) is 0 Å². The molecule has 0 saturated carbocycles. The van der Waals surface area contributed by atoms with E-state index in [1.165, 1.54) is 0 Å². The second-order valence-corrected chi connectivity index (χ2v) is 4.46. The van der Waals surface area contributed by atoms with Gasteiger partial charge in [0, 0.05) is 18.0 Å². The molecule has 1 aromatic heterocycles. The van der Waals surface area contributed by atoms with Crippen molar-refractivity contribution in [3.05, 3.63) is 35.7 Å². The minimum atomic E-state index is 0.400. The van der Waals surface area contributed by atoms with Crippen molar-refractivity contribution in [3.8, 4) is 11.5 Å². The molecule has 1 N–H and O–H groups in total. The summed E-state index contributed by atoms with van der Waals surface area (Å²) >= 11 is 0. The lowest BCUT2D eigenvalue weighted by atomic mass is 10.1. The number of benzene rings is 1. The molecule has 4 nitrogen and oxygen atoms in total. The maximum Gasteiger partial charge on any atom is 0.258 e. The second kappa shape index (κ2) is 4.30. The Balaban J connectivity index is 1.92. The van der Waals surface area contributed by atoms with Gasteiger partial charge in [0.15, 0.2) is 5.82 Å². The first-order chi connectivity index (χ1) is 8.34. The second-order valence-electron chi connectivity index (χ2n) is 4.46. The topological polar surface area (TPSA) is 51.0 Å². The van der Waals surface area contributed by atoms with E-state index in [-0.39, 0.29) is 0 Å². The summed E-state index contributed by atoms with van der Waals surface area (Å²) in [6.45, 7) is 4.04. The van der Waals surface area contributed by atoms with Crippen molar-refractivity contribution in [2.24, 2.45) is 0 Å². The third-order valence-electron chi connectivity index (χ3n) is 3.24. The standard InChI is InChI=1S/C13H15N3O/c1-9-4-2-3-5-11(9)13-15-12(16-17-13)10-6-7-14-8-10/h2-5,10,14H,6-8H2,1H3. The molecule has 0 bridgehead atoms.